The Labute approximate surface area is 178 Å². The SMILES string of the molecule is CC(C)=O.COC(=O)C(=O)OC.COc1c(F)c(F)c(C(O)=CC(=O)C(=O)O)c(F)c1F. The number of halogens is 4. The zero-order chi connectivity index (χ0) is 25.8. The van der Waals surface area contributed by atoms with Crippen LogP contribution >= 0.6 is 0 Å². The van der Waals surface area contributed by atoms with Gasteiger partial charge in [0.2, 0.25) is 11.6 Å². The molecule has 0 aliphatic heterocycles. The molecule has 0 spiro atoms. The average Bonchev–Trinajstić information content (AvgIpc) is 2.71. The Morgan fingerprint density at radius 3 is 1.34 bits per heavy atom. The van der Waals surface area contributed by atoms with E-state index >= 15 is 0 Å². The maximum Gasteiger partial charge on any atom is 0.417 e. The number of methoxy groups -OCH3 is 3. The molecule has 0 saturated carbocycles. The lowest BCUT2D eigenvalue weighted by Gasteiger charge is -2.10. The summed E-state index contributed by atoms with van der Waals surface area (Å²) in [5, 5.41) is 17.5. The minimum atomic E-state index is -2.04. The first-order valence-electron chi connectivity index (χ1n) is 7.89. The summed E-state index contributed by atoms with van der Waals surface area (Å²) in [5.74, 6) is -16.5. The summed E-state index contributed by atoms with van der Waals surface area (Å²) in [6.07, 6.45) is -0.0881. The summed E-state index contributed by atoms with van der Waals surface area (Å²) >= 11 is 0. The molecule has 0 saturated heterocycles. The van der Waals surface area contributed by atoms with E-state index in [1.54, 1.807) is 0 Å². The second-order valence-corrected chi connectivity index (χ2v) is 5.25. The molecule has 178 valence electrons. The highest BCUT2D eigenvalue weighted by Gasteiger charge is 2.28. The fraction of sp³-hybridized carbons (Fsp3) is 0.278. The summed E-state index contributed by atoms with van der Waals surface area (Å²) in [6.45, 7) is 3.06. The van der Waals surface area contributed by atoms with Crippen LogP contribution in [0.3, 0.4) is 0 Å². The highest BCUT2D eigenvalue weighted by atomic mass is 19.2. The fourth-order valence-corrected chi connectivity index (χ4v) is 1.44. The monoisotopic (exact) mass is 470 g/mol. The maximum absolute atomic E-state index is 13.5. The predicted molar refractivity (Wildman–Crippen MR) is 96.5 cm³/mol. The third-order valence-corrected chi connectivity index (χ3v) is 2.70. The van der Waals surface area contributed by atoms with Gasteiger partial charge < -0.3 is 29.2 Å². The molecule has 0 fully saturated rings. The van der Waals surface area contributed by atoms with E-state index < -0.39 is 64.0 Å². The van der Waals surface area contributed by atoms with Crippen LogP contribution in [0.2, 0.25) is 0 Å². The van der Waals surface area contributed by atoms with E-state index in [-0.39, 0.29) is 11.9 Å². The minimum Gasteiger partial charge on any atom is -0.507 e. The molecule has 0 unspecified atom stereocenters. The molecule has 1 rings (SSSR count). The third kappa shape index (κ3) is 9.23. The number of aliphatic hydroxyl groups is 1. The van der Waals surface area contributed by atoms with Crippen molar-refractivity contribution in [2.75, 3.05) is 21.3 Å². The number of esters is 2. The lowest BCUT2D eigenvalue weighted by molar-refractivity contribution is -0.164. The number of hydrogen-bond donors (Lipinski definition) is 2. The minimum absolute atomic E-state index is 0.0881. The molecule has 0 aliphatic carbocycles. The molecular formula is C18H18F4O10. The van der Waals surface area contributed by atoms with Crippen LogP contribution in [0.15, 0.2) is 6.08 Å². The molecule has 1 aromatic carbocycles. The van der Waals surface area contributed by atoms with E-state index in [4.69, 9.17) is 5.11 Å². The number of rotatable bonds is 4. The van der Waals surface area contributed by atoms with Crippen molar-refractivity contribution in [1.82, 2.24) is 0 Å². The number of carbonyl (C=O) groups is 5. The number of hydrogen-bond acceptors (Lipinski definition) is 9. The quantitative estimate of drug-likeness (QED) is 0.166. The molecule has 0 radical (unpaired) electrons. The van der Waals surface area contributed by atoms with Gasteiger partial charge in [0.1, 0.15) is 11.5 Å². The van der Waals surface area contributed by atoms with Gasteiger partial charge in [-0.15, -0.1) is 0 Å². The van der Waals surface area contributed by atoms with Gasteiger partial charge in [0.25, 0.3) is 5.78 Å². The Bertz CT molecular complexity index is 878. The number of carbonyl (C=O) groups excluding carboxylic acids is 4. The number of aliphatic carboxylic acids is 1. The molecule has 1 aromatic rings. The number of carboxylic acid groups (broad SMARTS) is 1. The van der Waals surface area contributed by atoms with Gasteiger partial charge >= 0.3 is 17.9 Å². The normalized spacial score (nSPS) is 9.84. The number of carboxylic acids is 1. The second kappa shape index (κ2) is 14.1. The summed E-state index contributed by atoms with van der Waals surface area (Å²) in [6, 6.07) is 0. The standard InChI is InChI=1S/C11H6F4O5.C4H6O4.C3H6O/c1-20-10-8(14)6(12)5(7(13)9(10)15)3(16)2-4(17)11(18)19;1-7-3(5)4(6)8-2;1-3(2)4/h2,16H,1H3,(H,18,19);1-2H3;1-2H3. The van der Waals surface area contributed by atoms with E-state index in [1.807, 2.05) is 0 Å². The first-order chi connectivity index (χ1) is 14.7. The number of ketones is 2. The summed E-state index contributed by atoms with van der Waals surface area (Å²) in [7, 11) is 2.97. The number of Topliss-reactive ketones (excluding diaryl/α,β-unsaturated/α-hetero) is 1. The predicted octanol–water partition coefficient (Wildman–Crippen LogP) is 1.73. The van der Waals surface area contributed by atoms with Crippen molar-refractivity contribution in [1.29, 1.82) is 0 Å². The van der Waals surface area contributed by atoms with Gasteiger partial charge in [0.05, 0.1) is 26.9 Å². The average molecular weight is 470 g/mol. The molecule has 0 atom stereocenters. The van der Waals surface area contributed by atoms with Crippen molar-refractivity contribution in [2.45, 2.75) is 13.8 Å². The number of ether oxygens (including phenoxy) is 3. The Morgan fingerprint density at radius 1 is 0.750 bits per heavy atom. The van der Waals surface area contributed by atoms with Gasteiger partial charge in [0.15, 0.2) is 17.4 Å². The van der Waals surface area contributed by atoms with E-state index in [2.05, 4.69) is 14.2 Å². The van der Waals surface area contributed by atoms with Gasteiger partial charge in [-0.3, -0.25) is 4.79 Å². The van der Waals surface area contributed by atoms with Crippen molar-refractivity contribution in [3.8, 4) is 5.75 Å². The van der Waals surface area contributed by atoms with Crippen LogP contribution in [0.5, 0.6) is 5.75 Å². The molecule has 2 N–H and O–H groups in total. The molecule has 0 heterocycles. The second-order valence-electron chi connectivity index (χ2n) is 5.25. The summed E-state index contributed by atoms with van der Waals surface area (Å²) in [5.41, 5.74) is -1.62. The smallest absolute Gasteiger partial charge is 0.417 e. The van der Waals surface area contributed by atoms with Crippen LogP contribution in [0.25, 0.3) is 5.76 Å². The van der Waals surface area contributed by atoms with Crippen molar-refractivity contribution < 1.29 is 66.0 Å². The van der Waals surface area contributed by atoms with Crippen molar-refractivity contribution in [3.05, 3.63) is 34.9 Å². The highest BCUT2D eigenvalue weighted by Crippen LogP contribution is 2.32. The van der Waals surface area contributed by atoms with Gasteiger partial charge in [-0.1, -0.05) is 0 Å². The Kier molecular flexibility index (Phi) is 13.3. The fourth-order valence-electron chi connectivity index (χ4n) is 1.44. The molecule has 0 bridgehead atoms. The molecular weight excluding hydrogens is 452 g/mol. The van der Waals surface area contributed by atoms with Crippen LogP contribution in [0.1, 0.15) is 19.4 Å². The van der Waals surface area contributed by atoms with Gasteiger partial charge in [-0.05, 0) is 13.8 Å². The van der Waals surface area contributed by atoms with E-state index in [9.17, 15) is 46.6 Å². The summed E-state index contributed by atoms with van der Waals surface area (Å²) in [4.78, 5) is 50.5. The van der Waals surface area contributed by atoms with Gasteiger partial charge in [-0.2, -0.15) is 8.78 Å². The first-order valence-corrected chi connectivity index (χ1v) is 7.89. The Morgan fingerprint density at radius 2 is 1.09 bits per heavy atom. The van der Waals surface area contributed by atoms with Crippen LogP contribution < -0.4 is 4.74 Å². The van der Waals surface area contributed by atoms with Crippen molar-refractivity contribution >= 4 is 35.2 Å². The molecule has 0 aliphatic rings. The van der Waals surface area contributed by atoms with Crippen LogP contribution in [-0.2, 0) is 33.4 Å². The Balaban J connectivity index is 0. The molecule has 0 amide bonds. The molecule has 10 nitrogen and oxygen atoms in total. The molecule has 0 aromatic heterocycles. The lowest BCUT2D eigenvalue weighted by atomic mass is 10.1. The zero-order valence-electron chi connectivity index (χ0n) is 17.2. The number of benzene rings is 1. The van der Waals surface area contributed by atoms with Crippen LogP contribution in [0, 0.1) is 23.3 Å². The van der Waals surface area contributed by atoms with Crippen molar-refractivity contribution in [3.63, 3.8) is 0 Å². The topological polar surface area (TPSA) is 154 Å². The largest absolute Gasteiger partial charge is 0.507 e. The Hall–Kier alpha value is -3.97. The first kappa shape index (κ1) is 30.2. The summed E-state index contributed by atoms with van der Waals surface area (Å²) < 4.78 is 65.6. The van der Waals surface area contributed by atoms with Crippen molar-refractivity contribution in [2.24, 2.45) is 0 Å². The maximum atomic E-state index is 13.5. The van der Waals surface area contributed by atoms with Crippen LogP contribution in [0.4, 0.5) is 17.6 Å². The van der Waals surface area contributed by atoms with Crippen LogP contribution in [-0.4, -0.2) is 61.0 Å². The van der Waals surface area contributed by atoms with E-state index in [0.29, 0.717) is 0 Å². The van der Waals surface area contributed by atoms with E-state index in [1.165, 1.54) is 13.8 Å². The van der Waals surface area contributed by atoms with Gasteiger partial charge in [0, 0.05) is 6.08 Å². The molecule has 14 heteroatoms. The van der Waals surface area contributed by atoms with Gasteiger partial charge in [-0.25, -0.2) is 23.2 Å². The van der Waals surface area contributed by atoms with E-state index in [0.717, 1.165) is 21.3 Å². The zero-order valence-corrected chi connectivity index (χ0v) is 17.2. The highest BCUT2D eigenvalue weighted by molar-refractivity contribution is 6.38. The lowest BCUT2D eigenvalue weighted by Crippen LogP contribution is -2.16. The third-order valence-electron chi connectivity index (χ3n) is 2.70. The molecule has 32 heavy (non-hydrogen) atoms. The number of aliphatic hydroxyl groups excluding tert-OH is 1.